The Kier molecular flexibility index (Phi) is 8.95. The van der Waals surface area contributed by atoms with Crippen LogP contribution < -0.4 is 10.1 Å². The van der Waals surface area contributed by atoms with E-state index in [9.17, 15) is 22.8 Å². The second-order valence-corrected chi connectivity index (χ2v) is 7.48. The van der Waals surface area contributed by atoms with Crippen molar-refractivity contribution in [1.29, 1.82) is 0 Å². The lowest BCUT2D eigenvalue weighted by atomic mass is 10.1. The Morgan fingerprint density at radius 1 is 0.844 bits per heavy atom. The molecular weight excluding hydrogens is 490 g/mol. The minimum absolute atomic E-state index is 0.329. The van der Waals surface area contributed by atoms with Crippen molar-refractivity contribution in [2.75, 3.05) is 5.32 Å². The summed E-state index contributed by atoms with van der Waals surface area (Å²) in [7, 11) is 0. The quantitative estimate of drug-likeness (QED) is 0.296. The van der Waals surface area contributed by atoms with Crippen molar-refractivity contribution in [2.24, 2.45) is 0 Å². The van der Waals surface area contributed by atoms with Crippen molar-refractivity contribution < 1.29 is 27.5 Å². The molecule has 10 heteroatoms. The zero-order chi connectivity index (χ0) is 23.9. The summed E-state index contributed by atoms with van der Waals surface area (Å²) < 4.78 is 43.9. The standard InChI is InChI=1S/C16H11ClF3NO3.C6H4Cl2/c1-9(22)24-14-12(3-2-4-13(14)16(18,19)20)15(23)21-11-7-5-10(17)6-8-11;7-5-2-1-3-6(8)4-5/h2-8H,1H3,(H,21,23);1-4H. The molecular formula is C22H15Cl3F3NO3. The van der Waals surface area contributed by atoms with E-state index in [1.54, 1.807) is 18.2 Å². The molecule has 0 heterocycles. The average molecular weight is 505 g/mol. The summed E-state index contributed by atoms with van der Waals surface area (Å²) in [6.45, 7) is 0.952. The van der Waals surface area contributed by atoms with Gasteiger partial charge in [-0.15, -0.1) is 0 Å². The lowest BCUT2D eigenvalue weighted by Gasteiger charge is -2.15. The van der Waals surface area contributed by atoms with Crippen molar-refractivity contribution >= 4 is 52.4 Å². The Morgan fingerprint density at radius 2 is 1.41 bits per heavy atom. The van der Waals surface area contributed by atoms with Crippen LogP contribution in [0.2, 0.25) is 15.1 Å². The first-order chi connectivity index (χ1) is 15.0. The number of rotatable bonds is 3. The van der Waals surface area contributed by atoms with Crippen LogP contribution in [0.25, 0.3) is 0 Å². The number of anilines is 1. The molecule has 168 valence electrons. The van der Waals surface area contributed by atoms with E-state index in [0.717, 1.165) is 25.1 Å². The summed E-state index contributed by atoms with van der Waals surface area (Å²) in [4.78, 5) is 23.4. The topological polar surface area (TPSA) is 55.4 Å². The third-order valence-corrected chi connectivity index (χ3v) is 4.42. The van der Waals surface area contributed by atoms with Crippen molar-refractivity contribution in [2.45, 2.75) is 13.1 Å². The maximum atomic E-state index is 13.1. The highest BCUT2D eigenvalue weighted by atomic mass is 35.5. The fourth-order valence-electron chi connectivity index (χ4n) is 2.38. The Labute approximate surface area is 196 Å². The Hall–Kier alpha value is -2.74. The first-order valence-corrected chi connectivity index (χ1v) is 9.97. The van der Waals surface area contributed by atoms with Crippen LogP contribution in [0.15, 0.2) is 66.7 Å². The second kappa shape index (κ2) is 11.2. The molecule has 32 heavy (non-hydrogen) atoms. The number of nitrogens with one attached hydrogen (secondary N) is 1. The molecule has 0 radical (unpaired) electrons. The molecule has 4 nitrogen and oxygen atoms in total. The molecule has 0 aliphatic rings. The molecule has 3 rings (SSSR count). The summed E-state index contributed by atoms with van der Waals surface area (Å²) in [5.74, 6) is -2.64. The Bertz CT molecular complexity index is 1090. The van der Waals surface area contributed by atoms with E-state index in [2.05, 4.69) is 10.1 Å². The summed E-state index contributed by atoms with van der Waals surface area (Å²) in [5.41, 5.74) is -1.29. The lowest BCUT2D eigenvalue weighted by Crippen LogP contribution is -2.18. The number of halogens is 6. The van der Waals surface area contributed by atoms with E-state index in [4.69, 9.17) is 34.8 Å². The predicted octanol–water partition coefficient (Wildman–Crippen LogP) is 7.53. The van der Waals surface area contributed by atoms with Gasteiger partial charge in [-0.3, -0.25) is 9.59 Å². The van der Waals surface area contributed by atoms with E-state index in [0.29, 0.717) is 20.8 Å². The summed E-state index contributed by atoms with van der Waals surface area (Å²) in [6, 6.07) is 16.0. The average Bonchev–Trinajstić information content (AvgIpc) is 2.69. The van der Waals surface area contributed by atoms with Crippen molar-refractivity contribution in [1.82, 2.24) is 0 Å². The molecule has 3 aromatic carbocycles. The minimum Gasteiger partial charge on any atom is -0.425 e. The summed E-state index contributed by atoms with van der Waals surface area (Å²) in [6.07, 6.45) is -4.78. The van der Waals surface area contributed by atoms with Gasteiger partial charge < -0.3 is 10.1 Å². The van der Waals surface area contributed by atoms with Gasteiger partial charge in [0.05, 0.1) is 11.1 Å². The third kappa shape index (κ3) is 7.75. The maximum Gasteiger partial charge on any atom is 0.420 e. The molecule has 0 aliphatic carbocycles. The normalized spacial score (nSPS) is 10.6. The van der Waals surface area contributed by atoms with Crippen LogP contribution in [0.1, 0.15) is 22.8 Å². The van der Waals surface area contributed by atoms with Crippen LogP contribution in [-0.2, 0) is 11.0 Å². The molecule has 0 unspecified atom stereocenters. The van der Waals surface area contributed by atoms with Crippen LogP contribution in [0.4, 0.5) is 18.9 Å². The number of alkyl halides is 3. The Balaban J connectivity index is 0.000000380. The lowest BCUT2D eigenvalue weighted by molar-refractivity contribution is -0.141. The van der Waals surface area contributed by atoms with E-state index in [-0.39, 0.29) is 0 Å². The highest BCUT2D eigenvalue weighted by Gasteiger charge is 2.36. The number of esters is 1. The molecule has 0 saturated carbocycles. The number of hydrogen-bond donors (Lipinski definition) is 1. The van der Waals surface area contributed by atoms with Gasteiger partial charge in [0.15, 0.2) is 5.75 Å². The van der Waals surface area contributed by atoms with Crippen molar-refractivity contribution in [3.8, 4) is 5.75 Å². The van der Waals surface area contributed by atoms with Gasteiger partial charge in [-0.2, -0.15) is 13.2 Å². The van der Waals surface area contributed by atoms with Gasteiger partial charge in [0.25, 0.3) is 5.91 Å². The first-order valence-electron chi connectivity index (χ1n) is 8.84. The molecule has 0 aromatic heterocycles. The maximum absolute atomic E-state index is 13.1. The van der Waals surface area contributed by atoms with Gasteiger partial charge in [-0.05, 0) is 54.6 Å². The molecule has 0 fully saturated rings. The third-order valence-electron chi connectivity index (χ3n) is 3.70. The minimum atomic E-state index is -4.78. The van der Waals surface area contributed by atoms with Crippen molar-refractivity contribution in [3.63, 3.8) is 0 Å². The molecule has 0 bridgehead atoms. The molecule has 0 spiro atoms. The smallest absolute Gasteiger partial charge is 0.420 e. The van der Waals surface area contributed by atoms with Crippen LogP contribution in [0.5, 0.6) is 5.75 Å². The molecule has 3 aromatic rings. The van der Waals surface area contributed by atoms with Gasteiger partial charge in [-0.25, -0.2) is 0 Å². The zero-order valence-electron chi connectivity index (χ0n) is 16.3. The summed E-state index contributed by atoms with van der Waals surface area (Å²) >= 11 is 16.8. The second-order valence-electron chi connectivity index (χ2n) is 6.17. The number of hydrogen-bond acceptors (Lipinski definition) is 3. The van der Waals surface area contributed by atoms with E-state index in [1.807, 2.05) is 6.07 Å². The van der Waals surface area contributed by atoms with Crippen LogP contribution in [0.3, 0.4) is 0 Å². The number of ether oxygens (including phenoxy) is 1. The van der Waals surface area contributed by atoms with Gasteiger partial charge in [0, 0.05) is 27.7 Å². The van der Waals surface area contributed by atoms with Crippen LogP contribution >= 0.6 is 34.8 Å². The van der Waals surface area contributed by atoms with E-state index < -0.39 is 34.9 Å². The molecule has 0 aliphatic heterocycles. The molecule has 0 saturated heterocycles. The monoisotopic (exact) mass is 503 g/mol. The number of carbonyl (C=O) groups is 2. The molecule has 1 N–H and O–H groups in total. The van der Waals surface area contributed by atoms with Crippen LogP contribution in [-0.4, -0.2) is 11.9 Å². The summed E-state index contributed by atoms with van der Waals surface area (Å²) in [5, 5.41) is 4.22. The SMILES string of the molecule is CC(=O)Oc1c(C(=O)Nc2ccc(Cl)cc2)cccc1C(F)(F)F.Clc1cccc(Cl)c1. The van der Waals surface area contributed by atoms with E-state index >= 15 is 0 Å². The van der Waals surface area contributed by atoms with Gasteiger partial charge in [0.1, 0.15) is 0 Å². The van der Waals surface area contributed by atoms with E-state index in [1.165, 1.54) is 24.3 Å². The number of para-hydroxylation sites is 1. The highest BCUT2D eigenvalue weighted by molar-refractivity contribution is 6.34. The zero-order valence-corrected chi connectivity index (χ0v) is 18.6. The first kappa shape index (κ1) is 25.5. The van der Waals surface area contributed by atoms with Gasteiger partial charge >= 0.3 is 12.1 Å². The largest absolute Gasteiger partial charge is 0.425 e. The highest BCUT2D eigenvalue weighted by Crippen LogP contribution is 2.38. The number of benzene rings is 3. The number of carbonyl (C=O) groups excluding carboxylic acids is 2. The van der Waals surface area contributed by atoms with Crippen LogP contribution in [0, 0.1) is 0 Å². The number of amides is 1. The van der Waals surface area contributed by atoms with Gasteiger partial charge in [-0.1, -0.05) is 46.9 Å². The van der Waals surface area contributed by atoms with Gasteiger partial charge in [0.2, 0.25) is 0 Å². The van der Waals surface area contributed by atoms with Crippen molar-refractivity contribution in [3.05, 3.63) is 92.9 Å². The fourth-order valence-corrected chi connectivity index (χ4v) is 2.95. The molecule has 0 atom stereocenters. The predicted molar refractivity (Wildman–Crippen MR) is 119 cm³/mol. The molecule has 1 amide bonds. The Morgan fingerprint density at radius 3 is 1.88 bits per heavy atom. The fraction of sp³-hybridized carbons (Fsp3) is 0.0909.